The first-order chi connectivity index (χ1) is 13.5. The van der Waals surface area contributed by atoms with E-state index in [9.17, 15) is 27.2 Å². The Labute approximate surface area is 165 Å². The summed E-state index contributed by atoms with van der Waals surface area (Å²) in [6.07, 6.45) is 1.68. The molecule has 29 heavy (non-hydrogen) atoms. The third-order valence-electron chi connectivity index (χ3n) is 3.34. The van der Waals surface area contributed by atoms with Gasteiger partial charge in [-0.25, -0.2) is 22.8 Å². The average Bonchev–Trinajstić information content (AvgIpc) is 2.65. The molecule has 0 N–H and O–H groups in total. The Kier molecular flexibility index (Phi) is 8.32. The van der Waals surface area contributed by atoms with Crippen LogP contribution in [0.25, 0.3) is 5.57 Å². The first kappa shape index (κ1) is 23.6. The van der Waals surface area contributed by atoms with Crippen LogP contribution in [-0.2, 0) is 14.3 Å². The average molecular weight is 410 g/mol. The summed E-state index contributed by atoms with van der Waals surface area (Å²) in [5.74, 6) is -7.18. The van der Waals surface area contributed by atoms with E-state index in [1.54, 1.807) is 0 Å². The summed E-state index contributed by atoms with van der Waals surface area (Å²) in [5.41, 5.74) is -1.03. The molecule has 4 nitrogen and oxygen atoms in total. The lowest BCUT2D eigenvalue weighted by Crippen LogP contribution is -2.10. The Balaban J connectivity index is 3.27. The van der Waals surface area contributed by atoms with Crippen molar-refractivity contribution in [1.82, 2.24) is 0 Å². The van der Waals surface area contributed by atoms with Crippen molar-refractivity contribution in [2.45, 2.75) is 20.8 Å². The third-order valence-corrected chi connectivity index (χ3v) is 3.34. The fourth-order valence-corrected chi connectivity index (χ4v) is 1.85. The van der Waals surface area contributed by atoms with Gasteiger partial charge >= 0.3 is 11.9 Å². The quantitative estimate of drug-likeness (QED) is 0.146. The number of halogens is 4. The van der Waals surface area contributed by atoms with Crippen molar-refractivity contribution in [2.24, 2.45) is 0 Å². The Morgan fingerprint density at radius 1 is 0.966 bits per heavy atom. The summed E-state index contributed by atoms with van der Waals surface area (Å²) in [4.78, 5) is 22.9. The molecular weight excluding hydrogens is 392 g/mol. The van der Waals surface area contributed by atoms with E-state index in [-0.39, 0.29) is 17.5 Å². The van der Waals surface area contributed by atoms with Crippen molar-refractivity contribution in [3.63, 3.8) is 0 Å². The van der Waals surface area contributed by atoms with Gasteiger partial charge < -0.3 is 9.47 Å². The molecule has 0 radical (unpaired) electrons. The normalized spacial score (nSPS) is 12.4. The van der Waals surface area contributed by atoms with Crippen LogP contribution in [0.5, 0.6) is 5.75 Å². The number of rotatable bonds is 7. The highest BCUT2D eigenvalue weighted by Gasteiger charge is 2.20. The van der Waals surface area contributed by atoms with Gasteiger partial charge in [-0.2, -0.15) is 4.39 Å². The van der Waals surface area contributed by atoms with Crippen LogP contribution in [-0.4, -0.2) is 11.9 Å². The predicted molar refractivity (Wildman–Crippen MR) is 99.7 cm³/mol. The van der Waals surface area contributed by atoms with E-state index in [1.165, 1.54) is 13.8 Å². The second kappa shape index (κ2) is 10.2. The highest BCUT2D eigenvalue weighted by molar-refractivity contribution is 5.89. The summed E-state index contributed by atoms with van der Waals surface area (Å²) < 4.78 is 64.8. The lowest BCUT2D eigenvalue weighted by atomic mass is 10.0. The topological polar surface area (TPSA) is 52.6 Å². The number of ether oxygens (including phenoxy) is 2. The van der Waals surface area contributed by atoms with Gasteiger partial charge in [0.1, 0.15) is 12.2 Å². The number of allylic oxidation sites excluding steroid dienone is 4. The molecular formula is C21H18F4O4. The van der Waals surface area contributed by atoms with Gasteiger partial charge in [0.25, 0.3) is 0 Å². The van der Waals surface area contributed by atoms with E-state index < -0.39 is 52.0 Å². The monoisotopic (exact) mass is 410 g/mol. The second-order valence-electron chi connectivity index (χ2n) is 5.87. The lowest BCUT2D eigenvalue weighted by molar-refractivity contribution is -0.134. The van der Waals surface area contributed by atoms with Crippen molar-refractivity contribution < 1.29 is 36.6 Å². The van der Waals surface area contributed by atoms with E-state index in [1.807, 2.05) is 0 Å². The van der Waals surface area contributed by atoms with Crippen LogP contribution in [0.4, 0.5) is 17.6 Å². The van der Waals surface area contributed by atoms with Crippen molar-refractivity contribution >= 4 is 17.5 Å². The highest BCUT2D eigenvalue weighted by atomic mass is 19.2. The zero-order valence-corrected chi connectivity index (χ0v) is 15.9. The molecule has 1 rings (SSSR count). The SMILES string of the molecule is C=C(C)C(=O)OC(/C=C\C(=C(/C)F)c1ccc(OC(=O)C(=C)C)c(F)c1F)=C\F. The summed E-state index contributed by atoms with van der Waals surface area (Å²) in [6.45, 7) is 10.3. The van der Waals surface area contributed by atoms with Crippen molar-refractivity contribution in [2.75, 3.05) is 0 Å². The molecule has 0 fully saturated rings. The molecule has 1 aromatic rings. The molecule has 0 saturated carbocycles. The van der Waals surface area contributed by atoms with Gasteiger partial charge in [-0.05, 0) is 45.1 Å². The molecule has 0 saturated heterocycles. The van der Waals surface area contributed by atoms with E-state index in [0.29, 0.717) is 0 Å². The number of hydrogen-bond acceptors (Lipinski definition) is 4. The molecule has 0 heterocycles. The van der Waals surface area contributed by atoms with E-state index in [2.05, 4.69) is 22.6 Å². The summed E-state index contributed by atoms with van der Waals surface area (Å²) in [6, 6.07) is 1.90. The van der Waals surface area contributed by atoms with Crippen LogP contribution in [0.3, 0.4) is 0 Å². The summed E-state index contributed by atoms with van der Waals surface area (Å²) >= 11 is 0. The predicted octanol–water partition coefficient (Wildman–Crippen LogP) is 5.63. The Hall–Kier alpha value is -3.42. The van der Waals surface area contributed by atoms with E-state index >= 15 is 0 Å². The molecule has 0 spiro atoms. The van der Waals surface area contributed by atoms with E-state index in [4.69, 9.17) is 0 Å². The first-order valence-electron chi connectivity index (χ1n) is 8.08. The Morgan fingerprint density at radius 2 is 1.55 bits per heavy atom. The third kappa shape index (κ3) is 6.31. The fraction of sp³-hybridized carbons (Fsp3) is 0.143. The molecule has 1 aromatic carbocycles. The van der Waals surface area contributed by atoms with Gasteiger partial charge in [-0.3, -0.25) is 0 Å². The van der Waals surface area contributed by atoms with E-state index in [0.717, 1.165) is 31.2 Å². The van der Waals surface area contributed by atoms with Gasteiger partial charge in [0.05, 0.1) is 0 Å². The van der Waals surface area contributed by atoms with Gasteiger partial charge in [-0.15, -0.1) is 0 Å². The first-order valence-corrected chi connectivity index (χ1v) is 8.08. The van der Waals surface area contributed by atoms with Crippen molar-refractivity contribution in [3.8, 4) is 5.75 Å². The van der Waals surface area contributed by atoms with Crippen molar-refractivity contribution in [1.29, 1.82) is 0 Å². The molecule has 0 aromatic heterocycles. The van der Waals surface area contributed by atoms with Gasteiger partial charge in [0, 0.05) is 22.3 Å². The number of hydrogen-bond donors (Lipinski definition) is 0. The fourth-order valence-electron chi connectivity index (χ4n) is 1.85. The Morgan fingerprint density at radius 3 is 2.03 bits per heavy atom. The maximum absolute atomic E-state index is 14.4. The zero-order chi connectivity index (χ0) is 22.3. The number of esters is 2. The molecule has 0 aliphatic rings. The zero-order valence-electron chi connectivity index (χ0n) is 15.9. The minimum absolute atomic E-state index is 0.0109. The minimum atomic E-state index is -1.53. The molecule has 154 valence electrons. The molecule has 0 aliphatic heterocycles. The van der Waals surface area contributed by atoms with Crippen LogP contribution < -0.4 is 4.74 Å². The van der Waals surface area contributed by atoms with Gasteiger partial charge in [0.2, 0.25) is 5.82 Å². The van der Waals surface area contributed by atoms with Crippen LogP contribution in [0.2, 0.25) is 0 Å². The maximum atomic E-state index is 14.4. The standard InChI is InChI=1S/C21H18F4O4/c1-11(2)20(26)28-14(10-22)6-7-15(13(5)23)16-8-9-17(19(25)18(16)24)29-21(27)12(3)4/h6-10H,1,3H2,2,4-5H3/b7-6-,14-10-,15-13-. The molecule has 0 amide bonds. The summed E-state index contributed by atoms with van der Waals surface area (Å²) in [7, 11) is 0. The smallest absolute Gasteiger partial charge is 0.338 e. The molecule has 0 unspecified atom stereocenters. The number of carbonyl (C=O) groups is 2. The maximum Gasteiger partial charge on any atom is 0.338 e. The second-order valence-corrected chi connectivity index (χ2v) is 5.87. The molecule has 8 heteroatoms. The van der Waals surface area contributed by atoms with Crippen LogP contribution in [0.15, 0.2) is 66.5 Å². The van der Waals surface area contributed by atoms with Gasteiger partial charge in [-0.1, -0.05) is 13.2 Å². The lowest BCUT2D eigenvalue weighted by Gasteiger charge is -2.10. The summed E-state index contributed by atoms with van der Waals surface area (Å²) in [5, 5.41) is 0. The number of carbonyl (C=O) groups excluding carboxylic acids is 2. The molecule has 0 atom stereocenters. The largest absolute Gasteiger partial charge is 0.421 e. The van der Waals surface area contributed by atoms with Crippen LogP contribution in [0, 0.1) is 11.6 Å². The minimum Gasteiger partial charge on any atom is -0.421 e. The van der Waals surface area contributed by atoms with Crippen LogP contribution in [0.1, 0.15) is 26.3 Å². The Bertz CT molecular complexity index is 952. The molecule has 0 bridgehead atoms. The number of benzene rings is 1. The van der Waals surface area contributed by atoms with Gasteiger partial charge in [0.15, 0.2) is 17.3 Å². The molecule has 0 aliphatic carbocycles. The highest BCUT2D eigenvalue weighted by Crippen LogP contribution is 2.30. The van der Waals surface area contributed by atoms with Crippen LogP contribution >= 0.6 is 0 Å². The van der Waals surface area contributed by atoms with Crippen molar-refractivity contribution in [3.05, 3.63) is 83.7 Å².